The highest BCUT2D eigenvalue weighted by molar-refractivity contribution is 6.31. The third-order valence-corrected chi connectivity index (χ3v) is 5.50. The van der Waals surface area contributed by atoms with E-state index in [0.717, 1.165) is 6.42 Å². The number of primary amides is 1. The van der Waals surface area contributed by atoms with E-state index in [1.165, 1.54) is 5.57 Å². The quantitative estimate of drug-likeness (QED) is 0.267. The second kappa shape index (κ2) is 14.0. The number of rotatable bonds is 8. The van der Waals surface area contributed by atoms with Crippen LogP contribution in [0.3, 0.4) is 0 Å². The number of carbonyl (C=O) groups is 2. The zero-order chi connectivity index (χ0) is 24.3. The van der Waals surface area contributed by atoms with Crippen molar-refractivity contribution in [1.29, 1.82) is 0 Å². The highest BCUT2D eigenvalue weighted by Crippen LogP contribution is 2.27. The van der Waals surface area contributed by atoms with Crippen LogP contribution >= 0.6 is 23.2 Å². The third-order valence-electron chi connectivity index (χ3n) is 4.74. The lowest BCUT2D eigenvalue weighted by Crippen LogP contribution is -2.15. The summed E-state index contributed by atoms with van der Waals surface area (Å²) >= 11 is 12.3. The molecule has 0 saturated carbocycles. The van der Waals surface area contributed by atoms with Gasteiger partial charge in [-0.1, -0.05) is 43.2 Å². The highest BCUT2D eigenvalue weighted by Gasteiger charge is 2.24. The first kappa shape index (κ1) is 27.8. The Bertz CT molecular complexity index is 873. The predicted octanol–water partition coefficient (Wildman–Crippen LogP) is 5.76. The van der Waals surface area contributed by atoms with Crippen LogP contribution in [0.4, 0.5) is 4.39 Å². The van der Waals surface area contributed by atoms with E-state index in [9.17, 15) is 18.9 Å². The summed E-state index contributed by atoms with van der Waals surface area (Å²) in [5.74, 6) is -0.451. The van der Waals surface area contributed by atoms with E-state index < -0.39 is 18.5 Å². The van der Waals surface area contributed by atoms with Crippen LogP contribution in [0.1, 0.15) is 46.5 Å². The van der Waals surface area contributed by atoms with Gasteiger partial charge in [0.1, 0.15) is 19.0 Å². The van der Waals surface area contributed by atoms with Crippen molar-refractivity contribution in [3.8, 4) is 0 Å². The van der Waals surface area contributed by atoms with Gasteiger partial charge >= 0.3 is 5.91 Å². The molecule has 0 fully saturated rings. The number of halogens is 3. The molecular weight excluding hydrogens is 458 g/mol. The molecule has 2 aliphatic carbocycles. The van der Waals surface area contributed by atoms with Crippen molar-refractivity contribution in [3.63, 3.8) is 0 Å². The summed E-state index contributed by atoms with van der Waals surface area (Å²) in [6, 6.07) is 0. The first-order chi connectivity index (χ1) is 15.1. The Morgan fingerprint density at radius 3 is 2.50 bits per heavy atom. The van der Waals surface area contributed by atoms with Crippen LogP contribution in [0, 0.1) is 10.8 Å². The SMILES string of the molecule is CC1=CC=C(OC/C(CF)=C(Cl)/C=C\C(C)C)C(Cl)C1.NC(=O)C1=C(C(=O)N=O)CCC1. The zero-order valence-corrected chi connectivity index (χ0v) is 20.0. The Labute approximate surface area is 198 Å². The molecule has 0 bridgehead atoms. The summed E-state index contributed by atoms with van der Waals surface area (Å²) in [5.41, 5.74) is 7.08. The summed E-state index contributed by atoms with van der Waals surface area (Å²) in [7, 11) is 0. The fraction of sp³-hybridized carbons (Fsp3) is 0.478. The molecule has 0 aromatic heterocycles. The topological polar surface area (TPSA) is 98.8 Å². The molecular formula is C23H29Cl2FN2O4. The minimum absolute atomic E-state index is 0.125. The molecule has 0 aliphatic heterocycles. The van der Waals surface area contributed by atoms with Gasteiger partial charge in [-0.2, -0.15) is 0 Å². The van der Waals surface area contributed by atoms with Gasteiger partial charge in [-0.3, -0.25) is 9.59 Å². The lowest BCUT2D eigenvalue weighted by molar-refractivity contribution is -0.117. The van der Waals surface area contributed by atoms with Crippen molar-refractivity contribution < 1.29 is 18.7 Å². The van der Waals surface area contributed by atoms with E-state index in [0.29, 0.717) is 41.5 Å². The fourth-order valence-corrected chi connectivity index (χ4v) is 3.52. The molecule has 9 heteroatoms. The van der Waals surface area contributed by atoms with Crippen molar-refractivity contribution in [2.45, 2.75) is 51.8 Å². The molecule has 2 amide bonds. The van der Waals surface area contributed by atoms with Gasteiger partial charge in [-0.05, 0) is 50.7 Å². The van der Waals surface area contributed by atoms with Crippen LogP contribution in [0.15, 0.2) is 62.6 Å². The Balaban J connectivity index is 0.000000363. The lowest BCUT2D eigenvalue weighted by atomic mass is 10.1. The standard InChI is InChI=1S/C16H21Cl2FO.C7H8N2O3/c1-11(2)4-6-14(17)13(9-19)10-20-16-7-5-12(3)8-15(16)18;8-6(10)4-2-1-3-5(4)7(11)9-12/h4-7,11,15H,8-10H2,1-3H3;1-3H2,(H2,8,10)/b6-4-,14-13-;. The number of hydrogen-bond acceptors (Lipinski definition) is 4. The maximum absolute atomic E-state index is 13.0. The fourth-order valence-electron chi connectivity index (χ4n) is 2.96. The Hall–Kier alpha value is -2.25. The largest absolute Gasteiger partial charge is 0.492 e. The summed E-state index contributed by atoms with van der Waals surface area (Å²) in [5, 5.41) is 2.46. The number of nitrogens with two attached hydrogens (primary N) is 1. The maximum Gasteiger partial charge on any atom is 0.313 e. The van der Waals surface area contributed by atoms with Gasteiger partial charge in [0, 0.05) is 26.9 Å². The number of nitrogens with zero attached hydrogens (tertiary/aromatic N) is 1. The summed E-state index contributed by atoms with van der Waals surface area (Å²) < 4.78 is 18.6. The molecule has 0 aromatic rings. The Morgan fingerprint density at radius 1 is 1.31 bits per heavy atom. The first-order valence-corrected chi connectivity index (χ1v) is 11.1. The normalized spacial score (nSPS) is 19.2. The molecule has 2 aliphatic rings. The number of hydrogen-bond donors (Lipinski definition) is 1. The van der Waals surface area contributed by atoms with Crippen molar-refractivity contribution in [2.24, 2.45) is 16.8 Å². The Kier molecular flexibility index (Phi) is 12.2. The van der Waals surface area contributed by atoms with Crippen LogP contribution in [-0.2, 0) is 14.3 Å². The van der Waals surface area contributed by atoms with E-state index >= 15 is 0 Å². The number of allylic oxidation sites excluding steroid dienone is 7. The maximum atomic E-state index is 13.0. The second-order valence-electron chi connectivity index (χ2n) is 7.80. The van der Waals surface area contributed by atoms with Crippen molar-refractivity contribution in [3.05, 3.63) is 62.3 Å². The van der Waals surface area contributed by atoms with E-state index in [1.807, 2.05) is 39.0 Å². The first-order valence-electron chi connectivity index (χ1n) is 10.3. The smallest absolute Gasteiger partial charge is 0.313 e. The van der Waals surface area contributed by atoms with Crippen molar-refractivity contribution >= 4 is 35.0 Å². The van der Waals surface area contributed by atoms with Crippen LogP contribution in [0.2, 0.25) is 0 Å². The molecule has 1 atom stereocenters. The average Bonchev–Trinajstić information content (AvgIpc) is 3.24. The second-order valence-corrected chi connectivity index (χ2v) is 8.74. The van der Waals surface area contributed by atoms with Gasteiger partial charge in [-0.25, -0.2) is 4.39 Å². The van der Waals surface area contributed by atoms with E-state index in [4.69, 9.17) is 33.7 Å². The summed E-state index contributed by atoms with van der Waals surface area (Å²) in [6.45, 7) is 5.58. The number of alkyl halides is 2. The van der Waals surface area contributed by atoms with E-state index in [1.54, 1.807) is 6.08 Å². The molecule has 0 spiro atoms. The molecule has 32 heavy (non-hydrogen) atoms. The molecule has 2 N–H and O–H groups in total. The van der Waals surface area contributed by atoms with Gasteiger partial charge in [0.15, 0.2) is 0 Å². The van der Waals surface area contributed by atoms with Crippen LogP contribution in [-0.4, -0.2) is 30.5 Å². The van der Waals surface area contributed by atoms with Gasteiger partial charge in [-0.15, -0.1) is 16.5 Å². The molecule has 2 rings (SSSR count). The average molecular weight is 487 g/mol. The van der Waals surface area contributed by atoms with Crippen LogP contribution in [0.25, 0.3) is 0 Å². The molecule has 0 saturated heterocycles. The monoisotopic (exact) mass is 486 g/mol. The molecule has 0 heterocycles. The van der Waals surface area contributed by atoms with E-state index in [-0.39, 0.29) is 23.1 Å². The number of carbonyl (C=O) groups excluding carboxylic acids is 2. The van der Waals surface area contributed by atoms with Crippen LogP contribution in [0.5, 0.6) is 0 Å². The minimum atomic E-state index is -0.860. The minimum Gasteiger partial charge on any atom is -0.492 e. The van der Waals surface area contributed by atoms with Gasteiger partial charge in [0.25, 0.3) is 0 Å². The number of nitroso groups, excluding NO2 is 1. The molecule has 176 valence electrons. The van der Waals surface area contributed by atoms with Gasteiger partial charge in [0.05, 0.1) is 5.38 Å². The zero-order valence-electron chi connectivity index (χ0n) is 18.5. The van der Waals surface area contributed by atoms with Gasteiger partial charge in [0.2, 0.25) is 5.91 Å². The third kappa shape index (κ3) is 9.09. The molecule has 0 aromatic carbocycles. The van der Waals surface area contributed by atoms with Crippen LogP contribution < -0.4 is 5.73 Å². The Morgan fingerprint density at radius 2 is 1.97 bits per heavy atom. The van der Waals surface area contributed by atoms with Gasteiger partial charge < -0.3 is 10.5 Å². The van der Waals surface area contributed by atoms with Crippen molar-refractivity contribution in [2.75, 3.05) is 13.3 Å². The lowest BCUT2D eigenvalue weighted by Gasteiger charge is -2.19. The molecule has 6 nitrogen and oxygen atoms in total. The number of amides is 2. The summed E-state index contributed by atoms with van der Waals surface area (Å²) in [6.07, 6.45) is 9.81. The number of ether oxygens (including phenoxy) is 1. The predicted molar refractivity (Wildman–Crippen MR) is 126 cm³/mol. The molecule has 0 radical (unpaired) electrons. The van der Waals surface area contributed by atoms with E-state index in [2.05, 4.69) is 5.18 Å². The molecule has 1 unspecified atom stereocenters. The summed E-state index contributed by atoms with van der Waals surface area (Å²) in [4.78, 5) is 31.4. The highest BCUT2D eigenvalue weighted by atomic mass is 35.5. The van der Waals surface area contributed by atoms with Crippen molar-refractivity contribution in [1.82, 2.24) is 0 Å².